The van der Waals surface area contributed by atoms with E-state index in [1.54, 1.807) is 6.33 Å². The molecular formula is C8H14N4. The van der Waals surface area contributed by atoms with Crippen molar-refractivity contribution in [2.75, 3.05) is 13.1 Å². The second kappa shape index (κ2) is 3.23. The average molecular weight is 166 g/mol. The maximum atomic E-state index is 4.26. The quantitative estimate of drug-likeness (QED) is 0.651. The molecule has 0 aliphatic carbocycles. The molecule has 0 saturated carbocycles. The minimum absolute atomic E-state index is 0.610. The molecule has 0 atom stereocenters. The summed E-state index contributed by atoms with van der Waals surface area (Å²) in [5.74, 6) is 1.75. The Labute approximate surface area is 72.0 Å². The third kappa shape index (κ3) is 1.34. The van der Waals surface area contributed by atoms with Crippen LogP contribution in [0.1, 0.15) is 24.6 Å². The average Bonchev–Trinajstić information content (AvgIpc) is 2.53. The molecule has 1 aromatic rings. The van der Waals surface area contributed by atoms with Gasteiger partial charge in [-0.05, 0) is 25.9 Å². The molecule has 12 heavy (non-hydrogen) atoms. The zero-order valence-electron chi connectivity index (χ0n) is 7.32. The molecule has 0 aromatic carbocycles. The van der Waals surface area contributed by atoms with Crippen LogP contribution in [0.5, 0.6) is 0 Å². The van der Waals surface area contributed by atoms with Gasteiger partial charge in [-0.3, -0.25) is 4.68 Å². The van der Waals surface area contributed by atoms with Crippen LogP contribution in [-0.2, 0) is 7.05 Å². The number of piperidine rings is 1. The Morgan fingerprint density at radius 1 is 1.50 bits per heavy atom. The van der Waals surface area contributed by atoms with Crippen LogP contribution in [-0.4, -0.2) is 27.9 Å². The summed E-state index contributed by atoms with van der Waals surface area (Å²) in [7, 11) is 1.96. The fraction of sp³-hybridized carbons (Fsp3) is 0.750. The van der Waals surface area contributed by atoms with E-state index in [0.29, 0.717) is 5.92 Å². The lowest BCUT2D eigenvalue weighted by molar-refractivity contribution is 0.432. The molecule has 1 N–H and O–H groups in total. The Morgan fingerprint density at radius 3 is 2.83 bits per heavy atom. The molecule has 0 radical (unpaired) electrons. The second-order valence-corrected chi connectivity index (χ2v) is 3.27. The summed E-state index contributed by atoms with van der Waals surface area (Å²) in [6.45, 7) is 2.22. The fourth-order valence-electron chi connectivity index (χ4n) is 1.75. The second-order valence-electron chi connectivity index (χ2n) is 3.27. The van der Waals surface area contributed by atoms with E-state index in [9.17, 15) is 0 Å². The molecule has 66 valence electrons. The predicted octanol–water partition coefficient (Wildman–Crippen LogP) is 0.282. The van der Waals surface area contributed by atoms with Gasteiger partial charge in [-0.15, -0.1) is 0 Å². The van der Waals surface area contributed by atoms with E-state index in [1.165, 1.54) is 12.8 Å². The van der Waals surface area contributed by atoms with Crippen LogP contribution in [0.3, 0.4) is 0 Å². The highest BCUT2D eigenvalue weighted by Gasteiger charge is 2.18. The Bertz CT molecular complexity index is 249. The fourth-order valence-corrected chi connectivity index (χ4v) is 1.75. The summed E-state index contributed by atoms with van der Waals surface area (Å²) in [6.07, 6.45) is 4.01. The number of rotatable bonds is 1. The van der Waals surface area contributed by atoms with Gasteiger partial charge in [0.1, 0.15) is 12.2 Å². The highest BCUT2D eigenvalue weighted by molar-refractivity contribution is 4.97. The van der Waals surface area contributed by atoms with Crippen LogP contribution >= 0.6 is 0 Å². The summed E-state index contributed by atoms with van der Waals surface area (Å²) >= 11 is 0. The van der Waals surface area contributed by atoms with Crippen LogP contribution in [0.15, 0.2) is 6.33 Å². The molecular weight excluding hydrogens is 152 g/mol. The van der Waals surface area contributed by atoms with Gasteiger partial charge in [0.2, 0.25) is 0 Å². The van der Waals surface area contributed by atoms with E-state index >= 15 is 0 Å². The van der Waals surface area contributed by atoms with Crippen molar-refractivity contribution in [3.05, 3.63) is 12.2 Å². The highest BCUT2D eigenvalue weighted by Crippen LogP contribution is 2.21. The zero-order valence-corrected chi connectivity index (χ0v) is 7.32. The van der Waals surface area contributed by atoms with Crippen molar-refractivity contribution in [3.8, 4) is 0 Å². The molecule has 0 unspecified atom stereocenters. The van der Waals surface area contributed by atoms with E-state index in [1.807, 2.05) is 11.7 Å². The number of aromatic nitrogens is 3. The van der Waals surface area contributed by atoms with Crippen LogP contribution in [0, 0.1) is 0 Å². The van der Waals surface area contributed by atoms with Gasteiger partial charge in [-0.25, -0.2) is 4.98 Å². The van der Waals surface area contributed by atoms with Crippen molar-refractivity contribution in [1.29, 1.82) is 0 Å². The molecule has 4 nitrogen and oxygen atoms in total. The van der Waals surface area contributed by atoms with E-state index < -0.39 is 0 Å². The first-order valence-electron chi connectivity index (χ1n) is 4.42. The van der Waals surface area contributed by atoms with Gasteiger partial charge in [0.15, 0.2) is 0 Å². The molecule has 0 amide bonds. The summed E-state index contributed by atoms with van der Waals surface area (Å²) in [6, 6.07) is 0. The molecule has 2 heterocycles. The minimum atomic E-state index is 0.610. The Hall–Kier alpha value is -0.900. The maximum absolute atomic E-state index is 4.26. The lowest BCUT2D eigenvalue weighted by atomic mass is 9.97. The molecule has 1 aliphatic rings. The topological polar surface area (TPSA) is 42.7 Å². The SMILES string of the molecule is Cn1ncnc1C1CCNCC1. The normalized spacial score (nSPS) is 19.8. The lowest BCUT2D eigenvalue weighted by Gasteiger charge is -2.21. The van der Waals surface area contributed by atoms with Crippen LogP contribution in [0.4, 0.5) is 0 Å². The Kier molecular flexibility index (Phi) is 2.08. The third-order valence-corrected chi connectivity index (χ3v) is 2.45. The third-order valence-electron chi connectivity index (χ3n) is 2.45. The summed E-state index contributed by atoms with van der Waals surface area (Å²) < 4.78 is 1.88. The number of hydrogen-bond acceptors (Lipinski definition) is 3. The van der Waals surface area contributed by atoms with E-state index in [2.05, 4.69) is 15.4 Å². The maximum Gasteiger partial charge on any atom is 0.138 e. The van der Waals surface area contributed by atoms with Gasteiger partial charge in [0.25, 0.3) is 0 Å². The van der Waals surface area contributed by atoms with Crippen molar-refractivity contribution in [2.24, 2.45) is 7.05 Å². The first-order valence-corrected chi connectivity index (χ1v) is 4.42. The summed E-state index contributed by atoms with van der Waals surface area (Å²) in [5.41, 5.74) is 0. The van der Waals surface area contributed by atoms with E-state index in [0.717, 1.165) is 18.9 Å². The molecule has 1 saturated heterocycles. The molecule has 1 aliphatic heterocycles. The largest absolute Gasteiger partial charge is 0.317 e. The number of hydrogen-bond donors (Lipinski definition) is 1. The molecule has 1 fully saturated rings. The number of nitrogens with one attached hydrogen (secondary N) is 1. The monoisotopic (exact) mass is 166 g/mol. The van der Waals surface area contributed by atoms with E-state index in [-0.39, 0.29) is 0 Å². The lowest BCUT2D eigenvalue weighted by Crippen LogP contribution is -2.27. The summed E-state index contributed by atoms with van der Waals surface area (Å²) in [5, 5.41) is 7.42. The molecule has 1 aromatic heterocycles. The predicted molar refractivity (Wildman–Crippen MR) is 45.8 cm³/mol. The molecule has 0 bridgehead atoms. The van der Waals surface area contributed by atoms with E-state index in [4.69, 9.17) is 0 Å². The van der Waals surface area contributed by atoms with Crippen molar-refractivity contribution in [3.63, 3.8) is 0 Å². The molecule has 4 heteroatoms. The van der Waals surface area contributed by atoms with Crippen LogP contribution < -0.4 is 5.32 Å². The Balaban J connectivity index is 2.13. The highest BCUT2D eigenvalue weighted by atomic mass is 15.3. The van der Waals surface area contributed by atoms with Crippen LogP contribution in [0.25, 0.3) is 0 Å². The van der Waals surface area contributed by atoms with Gasteiger partial charge < -0.3 is 5.32 Å². The van der Waals surface area contributed by atoms with Gasteiger partial charge in [-0.2, -0.15) is 5.10 Å². The van der Waals surface area contributed by atoms with Crippen molar-refractivity contribution in [1.82, 2.24) is 20.1 Å². The van der Waals surface area contributed by atoms with Gasteiger partial charge in [0.05, 0.1) is 0 Å². The van der Waals surface area contributed by atoms with Gasteiger partial charge >= 0.3 is 0 Å². The number of nitrogens with zero attached hydrogens (tertiary/aromatic N) is 3. The van der Waals surface area contributed by atoms with Crippen LogP contribution in [0.2, 0.25) is 0 Å². The van der Waals surface area contributed by atoms with Gasteiger partial charge in [0, 0.05) is 13.0 Å². The smallest absolute Gasteiger partial charge is 0.138 e. The minimum Gasteiger partial charge on any atom is -0.317 e. The zero-order chi connectivity index (χ0) is 8.39. The molecule has 0 spiro atoms. The standard InChI is InChI=1S/C8H14N4/c1-12-8(10-6-11-12)7-2-4-9-5-3-7/h6-7,9H,2-5H2,1H3. The van der Waals surface area contributed by atoms with Crippen molar-refractivity contribution in [2.45, 2.75) is 18.8 Å². The summed E-state index contributed by atoms with van der Waals surface area (Å²) in [4.78, 5) is 4.26. The first kappa shape index (κ1) is 7.73. The van der Waals surface area contributed by atoms with Crippen molar-refractivity contribution < 1.29 is 0 Å². The Morgan fingerprint density at radius 2 is 2.25 bits per heavy atom. The van der Waals surface area contributed by atoms with Gasteiger partial charge in [-0.1, -0.05) is 0 Å². The van der Waals surface area contributed by atoms with Crippen molar-refractivity contribution >= 4 is 0 Å². The first-order chi connectivity index (χ1) is 5.88. The number of aryl methyl sites for hydroxylation is 1. The molecule has 2 rings (SSSR count).